The zero-order chi connectivity index (χ0) is 21.1. The maximum Gasteiger partial charge on any atom is 0.255 e. The van der Waals surface area contributed by atoms with Crippen LogP contribution in [0.15, 0.2) is 67.0 Å². The number of pyridine rings is 1. The van der Waals surface area contributed by atoms with E-state index in [1.54, 1.807) is 36.5 Å². The first-order valence-corrected chi connectivity index (χ1v) is 10.0. The van der Waals surface area contributed by atoms with E-state index in [-0.39, 0.29) is 11.7 Å². The smallest absolute Gasteiger partial charge is 0.255 e. The highest BCUT2D eigenvalue weighted by atomic mass is 19.1. The van der Waals surface area contributed by atoms with Crippen LogP contribution in [0.3, 0.4) is 0 Å². The Kier molecular flexibility index (Phi) is 5.77. The number of anilines is 2. The van der Waals surface area contributed by atoms with Gasteiger partial charge in [-0.05, 0) is 68.5 Å². The average Bonchev–Trinajstić information content (AvgIpc) is 3.25. The maximum atomic E-state index is 13.9. The van der Waals surface area contributed by atoms with E-state index < -0.39 is 0 Å². The molecule has 3 aromatic rings. The third-order valence-corrected chi connectivity index (χ3v) is 5.61. The first-order valence-electron chi connectivity index (χ1n) is 10.0. The lowest BCUT2D eigenvalue weighted by Gasteiger charge is -2.22. The molecule has 1 atom stereocenters. The number of nitrogens with zero attached hydrogens (tertiary/aromatic N) is 3. The molecular weight excluding hydrogens is 379 g/mol. The van der Waals surface area contributed by atoms with E-state index in [4.69, 9.17) is 0 Å². The molecule has 1 amide bonds. The van der Waals surface area contributed by atoms with Crippen molar-refractivity contribution in [2.75, 3.05) is 37.4 Å². The molecule has 1 saturated heterocycles. The SMILES string of the molecule is CN(C)C1CCN(c2ccc(NC(=O)c3ccc(-c4ccncc4F)cc3)cc2)C1. The molecule has 30 heavy (non-hydrogen) atoms. The van der Waals surface area contributed by atoms with Crippen LogP contribution in [0.4, 0.5) is 15.8 Å². The van der Waals surface area contributed by atoms with Crippen LogP contribution < -0.4 is 10.2 Å². The zero-order valence-electron chi connectivity index (χ0n) is 17.2. The Hall–Kier alpha value is -3.25. The molecule has 1 aliphatic rings. The summed E-state index contributed by atoms with van der Waals surface area (Å²) in [6, 6.07) is 17.0. The number of hydrogen-bond acceptors (Lipinski definition) is 4. The van der Waals surface area contributed by atoms with Crippen molar-refractivity contribution in [3.63, 3.8) is 0 Å². The Labute approximate surface area is 176 Å². The number of carbonyl (C=O) groups is 1. The van der Waals surface area contributed by atoms with E-state index in [1.165, 1.54) is 11.9 Å². The lowest BCUT2D eigenvalue weighted by molar-refractivity contribution is 0.102. The van der Waals surface area contributed by atoms with Crippen molar-refractivity contribution in [1.82, 2.24) is 9.88 Å². The molecule has 0 spiro atoms. The molecule has 6 heteroatoms. The van der Waals surface area contributed by atoms with Gasteiger partial charge in [0.2, 0.25) is 0 Å². The van der Waals surface area contributed by atoms with Crippen LogP contribution in [0.1, 0.15) is 16.8 Å². The summed E-state index contributed by atoms with van der Waals surface area (Å²) in [7, 11) is 4.24. The van der Waals surface area contributed by atoms with Gasteiger partial charge in [0.05, 0.1) is 6.20 Å². The van der Waals surface area contributed by atoms with Crippen molar-refractivity contribution in [3.05, 3.63) is 78.4 Å². The molecule has 1 aromatic heterocycles. The standard InChI is InChI=1S/C24H25FN4O/c1-28(2)21-12-14-29(16-21)20-9-7-19(8-10-20)27-24(30)18-5-3-17(4-6-18)22-11-13-26-15-23(22)25/h3-11,13,15,21H,12,14,16H2,1-2H3,(H,27,30). The summed E-state index contributed by atoms with van der Waals surface area (Å²) in [4.78, 5) is 21.0. The number of benzene rings is 2. The molecule has 2 heterocycles. The van der Waals surface area contributed by atoms with E-state index in [2.05, 4.69) is 34.2 Å². The number of amides is 1. The van der Waals surface area contributed by atoms with Gasteiger partial charge >= 0.3 is 0 Å². The fraction of sp³-hybridized carbons (Fsp3) is 0.250. The molecule has 5 nitrogen and oxygen atoms in total. The fourth-order valence-electron chi connectivity index (χ4n) is 3.77. The van der Waals surface area contributed by atoms with Gasteiger partial charge < -0.3 is 15.1 Å². The van der Waals surface area contributed by atoms with Gasteiger partial charge in [0.25, 0.3) is 5.91 Å². The van der Waals surface area contributed by atoms with Crippen LogP contribution in [0.25, 0.3) is 11.1 Å². The molecule has 1 unspecified atom stereocenters. The van der Waals surface area contributed by atoms with Crippen molar-refractivity contribution in [2.24, 2.45) is 0 Å². The van der Waals surface area contributed by atoms with E-state index in [0.717, 1.165) is 25.2 Å². The largest absolute Gasteiger partial charge is 0.370 e. The van der Waals surface area contributed by atoms with E-state index >= 15 is 0 Å². The molecule has 2 aromatic carbocycles. The maximum absolute atomic E-state index is 13.9. The van der Waals surface area contributed by atoms with Crippen molar-refractivity contribution in [2.45, 2.75) is 12.5 Å². The summed E-state index contributed by atoms with van der Waals surface area (Å²) in [5.41, 5.74) is 3.60. The minimum atomic E-state index is -0.385. The summed E-state index contributed by atoms with van der Waals surface area (Å²) in [6.07, 6.45) is 3.89. The normalized spacial score (nSPS) is 16.1. The van der Waals surface area contributed by atoms with Crippen LogP contribution in [0, 0.1) is 5.82 Å². The Morgan fingerprint density at radius 3 is 2.47 bits per heavy atom. The Bertz CT molecular complexity index is 1020. The molecule has 4 rings (SSSR count). The van der Waals surface area contributed by atoms with E-state index in [1.807, 2.05) is 24.3 Å². The monoisotopic (exact) mass is 404 g/mol. The number of nitrogens with one attached hydrogen (secondary N) is 1. The highest BCUT2D eigenvalue weighted by molar-refractivity contribution is 6.04. The van der Waals surface area contributed by atoms with Gasteiger partial charge in [-0.15, -0.1) is 0 Å². The predicted molar refractivity (Wildman–Crippen MR) is 118 cm³/mol. The molecule has 1 aliphatic heterocycles. The molecule has 0 saturated carbocycles. The minimum Gasteiger partial charge on any atom is -0.370 e. The first kappa shape index (κ1) is 20.0. The van der Waals surface area contributed by atoms with Gasteiger partial charge in [-0.2, -0.15) is 0 Å². The summed E-state index contributed by atoms with van der Waals surface area (Å²) in [6.45, 7) is 2.06. The summed E-state index contributed by atoms with van der Waals surface area (Å²) in [5.74, 6) is -0.581. The Morgan fingerprint density at radius 2 is 1.83 bits per heavy atom. The molecule has 0 bridgehead atoms. The molecule has 1 fully saturated rings. The minimum absolute atomic E-state index is 0.196. The van der Waals surface area contributed by atoms with Gasteiger partial charge in [-0.1, -0.05) is 12.1 Å². The zero-order valence-corrected chi connectivity index (χ0v) is 17.2. The average molecular weight is 404 g/mol. The molecule has 0 aliphatic carbocycles. The number of rotatable bonds is 5. The Balaban J connectivity index is 1.40. The summed E-state index contributed by atoms with van der Waals surface area (Å²) < 4.78 is 13.9. The highest BCUT2D eigenvalue weighted by Crippen LogP contribution is 2.25. The van der Waals surface area contributed by atoms with Gasteiger partial charge in [0.15, 0.2) is 0 Å². The molecule has 154 valence electrons. The van der Waals surface area contributed by atoms with Gasteiger partial charge in [0.1, 0.15) is 5.82 Å². The number of carbonyl (C=O) groups excluding carboxylic acids is 1. The second kappa shape index (κ2) is 8.63. The number of likely N-dealkylation sites (N-methyl/N-ethyl adjacent to an activating group) is 1. The van der Waals surface area contributed by atoms with E-state index in [9.17, 15) is 9.18 Å². The van der Waals surface area contributed by atoms with Gasteiger partial charge in [-0.3, -0.25) is 9.78 Å². The van der Waals surface area contributed by atoms with Crippen LogP contribution in [-0.4, -0.2) is 49.0 Å². The van der Waals surface area contributed by atoms with E-state index in [0.29, 0.717) is 22.7 Å². The van der Waals surface area contributed by atoms with Crippen LogP contribution in [-0.2, 0) is 0 Å². The highest BCUT2D eigenvalue weighted by Gasteiger charge is 2.24. The summed E-state index contributed by atoms with van der Waals surface area (Å²) in [5, 5.41) is 2.92. The van der Waals surface area contributed by atoms with Crippen molar-refractivity contribution >= 4 is 17.3 Å². The fourth-order valence-corrected chi connectivity index (χ4v) is 3.77. The third kappa shape index (κ3) is 4.33. The Morgan fingerprint density at radius 1 is 1.10 bits per heavy atom. The molecule has 1 N–H and O–H groups in total. The second-order valence-electron chi connectivity index (χ2n) is 7.79. The predicted octanol–water partition coefficient (Wildman–Crippen LogP) is 4.28. The first-order chi connectivity index (χ1) is 14.5. The topological polar surface area (TPSA) is 48.5 Å². The lowest BCUT2D eigenvalue weighted by Crippen LogP contribution is -2.31. The second-order valence-corrected chi connectivity index (χ2v) is 7.79. The van der Waals surface area contributed by atoms with Crippen LogP contribution in [0.5, 0.6) is 0 Å². The number of aromatic nitrogens is 1. The van der Waals surface area contributed by atoms with Crippen molar-refractivity contribution in [1.29, 1.82) is 0 Å². The number of hydrogen-bond donors (Lipinski definition) is 1. The van der Waals surface area contributed by atoms with Gasteiger partial charge in [-0.25, -0.2) is 4.39 Å². The summed E-state index contributed by atoms with van der Waals surface area (Å²) >= 11 is 0. The van der Waals surface area contributed by atoms with Crippen LogP contribution in [0.2, 0.25) is 0 Å². The van der Waals surface area contributed by atoms with Crippen molar-refractivity contribution in [3.8, 4) is 11.1 Å². The lowest BCUT2D eigenvalue weighted by atomic mass is 10.0. The molecular formula is C24H25FN4O. The number of halogens is 1. The van der Waals surface area contributed by atoms with Crippen LogP contribution >= 0.6 is 0 Å². The van der Waals surface area contributed by atoms with Gasteiger partial charge in [0, 0.05) is 47.8 Å². The third-order valence-electron chi connectivity index (χ3n) is 5.61. The quantitative estimate of drug-likeness (QED) is 0.690. The van der Waals surface area contributed by atoms with Crippen molar-refractivity contribution < 1.29 is 9.18 Å². The molecule has 0 radical (unpaired) electrons.